The van der Waals surface area contributed by atoms with Gasteiger partial charge in [0.05, 0.1) is 24.0 Å². The Morgan fingerprint density at radius 3 is 1.69 bits per heavy atom. The third-order valence-electron chi connectivity index (χ3n) is 6.18. The van der Waals surface area contributed by atoms with Crippen LogP contribution in [-0.2, 0) is 34.7 Å². The Morgan fingerprint density at radius 1 is 0.886 bits per heavy atom. The average Bonchev–Trinajstić information content (AvgIpc) is 3.76. The van der Waals surface area contributed by atoms with Crippen LogP contribution in [0.5, 0.6) is 0 Å². The van der Waals surface area contributed by atoms with Crippen molar-refractivity contribution in [1.82, 2.24) is 0 Å². The first kappa shape index (κ1) is 25.7. The number of rotatable bonds is 8. The standard InChI is InChI=1S/C14H16N2O4.C12H15NO2/c1-2-20-13(18)14(7-8-14)10-3-5-11(6-4-10)16-12(17)9-15-19;1-2-15-11(14)12(7-8-12)9-3-5-10(13)6-4-9/h3-6,9,19H,2,7-8H2,1H3,(H,16,17);3-6H,2,7-8,13H2,1H3/b15-9+;. The van der Waals surface area contributed by atoms with Crippen LogP contribution >= 0.6 is 0 Å². The fourth-order valence-electron chi connectivity index (χ4n) is 3.91. The van der Waals surface area contributed by atoms with Crippen molar-refractivity contribution in [3.8, 4) is 0 Å². The number of carbonyl (C=O) groups excluding carboxylic acids is 3. The second-order valence-electron chi connectivity index (χ2n) is 8.54. The summed E-state index contributed by atoms with van der Waals surface area (Å²) in [5, 5.41) is 13.4. The molecule has 4 N–H and O–H groups in total. The second-order valence-corrected chi connectivity index (χ2v) is 8.54. The van der Waals surface area contributed by atoms with Gasteiger partial charge >= 0.3 is 11.9 Å². The molecule has 9 heteroatoms. The molecule has 0 radical (unpaired) electrons. The fraction of sp³-hybridized carbons (Fsp3) is 0.385. The van der Waals surface area contributed by atoms with Crippen LogP contribution in [0.15, 0.2) is 53.7 Å². The van der Waals surface area contributed by atoms with E-state index in [-0.39, 0.29) is 17.4 Å². The van der Waals surface area contributed by atoms with Gasteiger partial charge in [-0.25, -0.2) is 0 Å². The lowest BCUT2D eigenvalue weighted by Gasteiger charge is -2.14. The minimum Gasteiger partial charge on any atom is -0.465 e. The van der Waals surface area contributed by atoms with E-state index < -0.39 is 11.3 Å². The molecule has 9 nitrogen and oxygen atoms in total. The molecule has 0 spiro atoms. The van der Waals surface area contributed by atoms with Crippen molar-refractivity contribution >= 4 is 35.4 Å². The van der Waals surface area contributed by atoms with Crippen LogP contribution in [0.3, 0.4) is 0 Å². The number of nitrogens with two attached hydrogens (primary N) is 1. The van der Waals surface area contributed by atoms with Gasteiger partial charge in [-0.15, -0.1) is 0 Å². The number of nitrogen functional groups attached to an aromatic ring is 1. The molecule has 0 saturated heterocycles. The normalized spacial score (nSPS) is 16.4. The van der Waals surface area contributed by atoms with Gasteiger partial charge in [0.25, 0.3) is 5.91 Å². The number of ether oxygens (including phenoxy) is 2. The highest BCUT2D eigenvalue weighted by molar-refractivity contribution is 6.31. The molecule has 0 aliphatic heterocycles. The van der Waals surface area contributed by atoms with Crippen LogP contribution in [0.4, 0.5) is 11.4 Å². The molecule has 0 bridgehead atoms. The summed E-state index contributed by atoms with van der Waals surface area (Å²) in [4.78, 5) is 34.9. The number of carbonyl (C=O) groups is 3. The van der Waals surface area contributed by atoms with E-state index in [1.165, 1.54) is 0 Å². The molecule has 2 aliphatic rings. The molecular weight excluding hydrogens is 450 g/mol. The van der Waals surface area contributed by atoms with Crippen LogP contribution in [0, 0.1) is 0 Å². The van der Waals surface area contributed by atoms with Crippen LogP contribution in [0.2, 0.25) is 0 Å². The molecule has 0 aromatic heterocycles. The van der Waals surface area contributed by atoms with Crippen molar-refractivity contribution in [3.63, 3.8) is 0 Å². The fourth-order valence-corrected chi connectivity index (χ4v) is 3.91. The van der Waals surface area contributed by atoms with Crippen molar-refractivity contribution in [1.29, 1.82) is 0 Å². The van der Waals surface area contributed by atoms with E-state index in [2.05, 4.69) is 10.5 Å². The Bertz CT molecular complexity index is 1070. The third-order valence-corrected chi connectivity index (χ3v) is 6.18. The van der Waals surface area contributed by atoms with E-state index >= 15 is 0 Å². The van der Waals surface area contributed by atoms with Gasteiger partial charge in [-0.1, -0.05) is 29.4 Å². The highest BCUT2D eigenvalue weighted by Crippen LogP contribution is 2.50. The molecule has 0 atom stereocenters. The number of benzene rings is 2. The van der Waals surface area contributed by atoms with E-state index in [0.717, 1.165) is 48.7 Å². The van der Waals surface area contributed by atoms with E-state index in [1.807, 2.05) is 31.2 Å². The molecule has 0 unspecified atom stereocenters. The van der Waals surface area contributed by atoms with Gasteiger partial charge < -0.3 is 25.7 Å². The maximum Gasteiger partial charge on any atom is 0.316 e. The molecular formula is C26H31N3O6. The van der Waals surface area contributed by atoms with Gasteiger partial charge in [-0.2, -0.15) is 0 Å². The minimum absolute atomic E-state index is 0.102. The first-order valence-electron chi connectivity index (χ1n) is 11.6. The Hall–Kier alpha value is -3.88. The first-order valence-corrected chi connectivity index (χ1v) is 11.6. The number of nitrogens with one attached hydrogen (secondary N) is 1. The van der Waals surface area contributed by atoms with Crippen molar-refractivity contribution in [2.45, 2.75) is 50.4 Å². The van der Waals surface area contributed by atoms with Crippen molar-refractivity contribution in [2.24, 2.45) is 5.16 Å². The Morgan fingerprint density at radius 2 is 1.31 bits per heavy atom. The van der Waals surface area contributed by atoms with Gasteiger partial charge in [0, 0.05) is 11.4 Å². The van der Waals surface area contributed by atoms with Crippen LogP contribution in [0.25, 0.3) is 0 Å². The van der Waals surface area contributed by atoms with E-state index in [1.54, 1.807) is 31.2 Å². The smallest absolute Gasteiger partial charge is 0.316 e. The van der Waals surface area contributed by atoms with Crippen molar-refractivity contribution in [3.05, 3.63) is 59.7 Å². The summed E-state index contributed by atoms with van der Waals surface area (Å²) in [5.74, 6) is -0.814. The zero-order chi connectivity index (χ0) is 25.5. The predicted molar refractivity (Wildman–Crippen MR) is 131 cm³/mol. The van der Waals surface area contributed by atoms with Crippen LogP contribution in [-0.4, -0.2) is 42.5 Å². The number of hydrogen-bond acceptors (Lipinski definition) is 8. The van der Waals surface area contributed by atoms with Gasteiger partial charge in [0.15, 0.2) is 0 Å². The van der Waals surface area contributed by atoms with E-state index in [4.69, 9.17) is 20.4 Å². The first-order chi connectivity index (χ1) is 16.8. The van der Waals surface area contributed by atoms with E-state index in [9.17, 15) is 14.4 Å². The molecule has 4 rings (SSSR count). The maximum absolute atomic E-state index is 11.9. The topological polar surface area (TPSA) is 140 Å². The highest BCUT2D eigenvalue weighted by Gasteiger charge is 2.53. The summed E-state index contributed by atoms with van der Waals surface area (Å²) in [6, 6.07) is 14.5. The predicted octanol–water partition coefficient (Wildman–Crippen LogP) is 3.54. The van der Waals surface area contributed by atoms with Gasteiger partial charge in [0.2, 0.25) is 0 Å². The molecule has 186 valence electrons. The molecule has 0 heterocycles. The lowest BCUT2D eigenvalue weighted by Crippen LogP contribution is -2.23. The summed E-state index contributed by atoms with van der Waals surface area (Å²) >= 11 is 0. The van der Waals surface area contributed by atoms with Gasteiger partial charge in [-0.3, -0.25) is 14.4 Å². The molecule has 2 fully saturated rings. The summed E-state index contributed by atoms with van der Waals surface area (Å²) in [6.45, 7) is 4.43. The van der Waals surface area contributed by atoms with Crippen LogP contribution < -0.4 is 11.1 Å². The van der Waals surface area contributed by atoms with Gasteiger partial charge in [-0.05, 0) is 74.9 Å². The number of esters is 2. The quantitative estimate of drug-likeness (QED) is 0.172. The lowest BCUT2D eigenvalue weighted by atomic mass is 9.96. The third kappa shape index (κ3) is 5.98. The second kappa shape index (κ2) is 11.0. The minimum atomic E-state index is -0.522. The number of amides is 1. The molecule has 2 aromatic carbocycles. The summed E-state index contributed by atoms with van der Waals surface area (Å²) in [7, 11) is 0. The molecule has 2 aromatic rings. The molecule has 2 saturated carbocycles. The summed E-state index contributed by atoms with van der Waals surface area (Å²) in [6.07, 6.45) is 4.11. The highest BCUT2D eigenvalue weighted by atomic mass is 16.5. The number of nitrogens with zero attached hydrogens (tertiary/aromatic N) is 1. The zero-order valence-electron chi connectivity index (χ0n) is 20.0. The maximum atomic E-state index is 11.9. The Labute approximate surface area is 204 Å². The van der Waals surface area contributed by atoms with Crippen molar-refractivity contribution in [2.75, 3.05) is 24.3 Å². The Balaban J connectivity index is 0.000000203. The molecule has 1 amide bonds. The Kier molecular flexibility index (Phi) is 8.11. The number of hydrogen-bond donors (Lipinski definition) is 3. The molecule has 2 aliphatic carbocycles. The van der Waals surface area contributed by atoms with Crippen LogP contribution in [0.1, 0.15) is 50.7 Å². The zero-order valence-corrected chi connectivity index (χ0v) is 20.0. The number of oxime groups is 1. The largest absolute Gasteiger partial charge is 0.465 e. The van der Waals surface area contributed by atoms with Crippen molar-refractivity contribution < 1.29 is 29.1 Å². The molecule has 35 heavy (non-hydrogen) atoms. The van der Waals surface area contributed by atoms with Gasteiger partial charge in [0.1, 0.15) is 6.21 Å². The monoisotopic (exact) mass is 481 g/mol. The summed E-state index contributed by atoms with van der Waals surface area (Å²) < 4.78 is 10.2. The lowest BCUT2D eigenvalue weighted by molar-refractivity contribution is -0.147. The summed E-state index contributed by atoms with van der Waals surface area (Å²) in [5.41, 5.74) is 7.93. The van der Waals surface area contributed by atoms with E-state index in [0.29, 0.717) is 18.9 Å². The average molecular weight is 482 g/mol. The number of anilines is 2. The SMILES string of the molecule is CCOC(=O)C1(c2ccc(N)cc2)CC1.CCOC(=O)C1(c2ccc(NC(=O)/C=N/O)cc2)CC1.